The lowest BCUT2D eigenvalue weighted by Gasteiger charge is -2.29. The maximum Gasteiger partial charge on any atom is 0.410 e. The molecular weight excluding hydrogens is 500 g/mol. The minimum absolute atomic E-state index is 0.209. The number of nitrogens with zero attached hydrogens (tertiary/aromatic N) is 4. The summed E-state index contributed by atoms with van der Waals surface area (Å²) in [4.78, 5) is 16.4. The number of likely N-dealkylation sites (tertiary alicyclic amines) is 1. The van der Waals surface area contributed by atoms with Crippen molar-refractivity contribution in [2.45, 2.75) is 46.3 Å². The Bertz CT molecular complexity index is 1260. The van der Waals surface area contributed by atoms with E-state index in [-0.39, 0.29) is 12.0 Å². The number of hydrazone groups is 1. The Labute approximate surface area is 229 Å². The van der Waals surface area contributed by atoms with E-state index in [1.807, 2.05) is 50.1 Å². The third kappa shape index (κ3) is 5.99. The van der Waals surface area contributed by atoms with Crippen LogP contribution in [0.25, 0.3) is 5.70 Å². The number of rotatable bonds is 6. The molecule has 0 aliphatic carbocycles. The van der Waals surface area contributed by atoms with E-state index in [1.165, 1.54) is 11.1 Å². The minimum Gasteiger partial charge on any atom is -0.489 e. The molecule has 1 atom stereocenters. The van der Waals surface area contributed by atoms with E-state index in [9.17, 15) is 4.79 Å². The Morgan fingerprint density at radius 3 is 2.55 bits per heavy atom. The van der Waals surface area contributed by atoms with Crippen LogP contribution in [0.4, 0.5) is 4.79 Å². The van der Waals surface area contributed by atoms with Gasteiger partial charge in [0.2, 0.25) is 0 Å². The molecule has 1 amide bonds. The van der Waals surface area contributed by atoms with E-state index in [4.69, 9.17) is 26.2 Å². The highest BCUT2D eigenvalue weighted by Crippen LogP contribution is 2.37. The number of carbonyl (C=O) groups excluding carboxylic acids is 1. The van der Waals surface area contributed by atoms with Crippen molar-refractivity contribution in [1.82, 2.24) is 14.8 Å². The first kappa shape index (κ1) is 26.2. The summed E-state index contributed by atoms with van der Waals surface area (Å²) >= 11 is 6.89. The number of hydrogen-bond donors (Lipinski definition) is 0. The first-order chi connectivity index (χ1) is 18.2. The summed E-state index contributed by atoms with van der Waals surface area (Å²) in [6.07, 6.45) is 2.47. The van der Waals surface area contributed by atoms with Crippen molar-refractivity contribution < 1.29 is 14.3 Å². The Morgan fingerprint density at radius 1 is 1.11 bits per heavy atom. The number of allylic oxidation sites excluding steroid dienone is 2. The number of ether oxygens (including phenoxy) is 2. The standard InChI is InChI=1S/C30H35ClN4O3/c1-21-10-12-24(13-11-21)27-25(31)16-26(28-32-34(20-35(27)28)18-22-8-6-5-7-9-22)37-19-23-14-15-33(17-23)29(36)38-30(2,3)4/h5-13,16,23H,14-15,17-20H2,1-4H3/t23-/m1/s1. The summed E-state index contributed by atoms with van der Waals surface area (Å²) in [5.74, 6) is 1.61. The minimum atomic E-state index is -0.507. The van der Waals surface area contributed by atoms with Gasteiger partial charge in [-0.15, -0.1) is 0 Å². The molecule has 0 saturated carbocycles. The molecule has 2 aromatic rings. The molecule has 8 heteroatoms. The summed E-state index contributed by atoms with van der Waals surface area (Å²) < 4.78 is 11.9. The topological polar surface area (TPSA) is 57.6 Å². The van der Waals surface area contributed by atoms with Crippen LogP contribution in [-0.2, 0) is 16.0 Å². The number of fused-ring (bicyclic) bond motifs is 1. The fourth-order valence-electron chi connectivity index (χ4n) is 4.85. The predicted molar refractivity (Wildman–Crippen MR) is 150 cm³/mol. The van der Waals surface area contributed by atoms with E-state index in [2.05, 4.69) is 48.2 Å². The van der Waals surface area contributed by atoms with Crippen molar-refractivity contribution >= 4 is 29.2 Å². The monoisotopic (exact) mass is 534 g/mol. The van der Waals surface area contributed by atoms with Gasteiger partial charge in [-0.05, 0) is 45.2 Å². The molecule has 0 unspecified atom stereocenters. The van der Waals surface area contributed by atoms with Crippen LogP contribution < -0.4 is 0 Å². The second kappa shape index (κ2) is 10.7. The quantitative estimate of drug-likeness (QED) is 0.444. The largest absolute Gasteiger partial charge is 0.489 e. The molecule has 0 aromatic heterocycles. The first-order valence-electron chi connectivity index (χ1n) is 13.1. The summed E-state index contributed by atoms with van der Waals surface area (Å²) in [6.45, 7) is 10.7. The molecule has 0 radical (unpaired) electrons. The highest BCUT2D eigenvalue weighted by molar-refractivity contribution is 6.36. The van der Waals surface area contributed by atoms with Gasteiger partial charge in [-0.2, -0.15) is 5.10 Å². The number of carbonyl (C=O) groups is 1. The molecule has 3 aliphatic heterocycles. The molecule has 1 saturated heterocycles. The van der Waals surface area contributed by atoms with Crippen molar-refractivity contribution in [2.24, 2.45) is 11.0 Å². The number of benzene rings is 2. The van der Waals surface area contributed by atoms with Gasteiger partial charge in [-0.1, -0.05) is 71.8 Å². The number of amidine groups is 1. The van der Waals surface area contributed by atoms with E-state index in [1.54, 1.807) is 4.90 Å². The van der Waals surface area contributed by atoms with Crippen LogP contribution >= 0.6 is 11.6 Å². The summed E-state index contributed by atoms with van der Waals surface area (Å²) in [5, 5.41) is 7.60. The van der Waals surface area contributed by atoms with Crippen LogP contribution in [0.5, 0.6) is 0 Å². The van der Waals surface area contributed by atoms with Gasteiger partial charge in [0.05, 0.1) is 23.9 Å². The SMILES string of the molecule is Cc1ccc(C2=C(Cl)C=C(OC[C@@H]3CCN(C(=O)OC(C)(C)C)C3)C3=NN(Cc4ccccc4)CN32)cc1. The molecule has 0 spiro atoms. The van der Waals surface area contributed by atoms with Gasteiger partial charge in [-0.25, -0.2) is 4.79 Å². The number of amides is 1. The van der Waals surface area contributed by atoms with Crippen molar-refractivity contribution in [3.63, 3.8) is 0 Å². The van der Waals surface area contributed by atoms with Gasteiger partial charge in [0, 0.05) is 25.1 Å². The molecule has 2 aromatic carbocycles. The average Bonchev–Trinajstić information content (AvgIpc) is 3.51. The molecule has 200 valence electrons. The zero-order chi connectivity index (χ0) is 26.9. The zero-order valence-corrected chi connectivity index (χ0v) is 23.2. The van der Waals surface area contributed by atoms with Gasteiger partial charge in [0.1, 0.15) is 12.3 Å². The number of hydrogen-bond acceptors (Lipinski definition) is 6. The second-order valence-electron chi connectivity index (χ2n) is 11.1. The smallest absolute Gasteiger partial charge is 0.410 e. The van der Waals surface area contributed by atoms with Crippen LogP contribution in [-0.4, -0.2) is 58.7 Å². The highest BCUT2D eigenvalue weighted by atomic mass is 35.5. The maximum atomic E-state index is 12.5. The van der Waals surface area contributed by atoms with Crippen LogP contribution in [0.15, 0.2) is 76.6 Å². The maximum absolute atomic E-state index is 12.5. The lowest BCUT2D eigenvalue weighted by Crippen LogP contribution is -2.36. The Kier molecular flexibility index (Phi) is 7.39. The lowest BCUT2D eigenvalue weighted by atomic mass is 10.1. The third-order valence-electron chi connectivity index (χ3n) is 6.72. The van der Waals surface area contributed by atoms with Crippen LogP contribution in [0.3, 0.4) is 0 Å². The van der Waals surface area contributed by atoms with Gasteiger partial charge in [0.25, 0.3) is 0 Å². The van der Waals surface area contributed by atoms with E-state index < -0.39 is 5.60 Å². The van der Waals surface area contributed by atoms with Crippen LogP contribution in [0.2, 0.25) is 0 Å². The molecule has 5 rings (SSSR count). The van der Waals surface area contributed by atoms with E-state index >= 15 is 0 Å². The normalized spacial score (nSPS) is 19.4. The van der Waals surface area contributed by atoms with Crippen molar-refractivity contribution in [1.29, 1.82) is 0 Å². The van der Waals surface area contributed by atoms with Gasteiger partial charge < -0.3 is 19.3 Å². The molecule has 3 aliphatic rings. The predicted octanol–water partition coefficient (Wildman–Crippen LogP) is 6.16. The lowest BCUT2D eigenvalue weighted by molar-refractivity contribution is 0.0282. The van der Waals surface area contributed by atoms with Crippen molar-refractivity contribution in [3.8, 4) is 0 Å². The fraction of sp³-hybridized carbons (Fsp3) is 0.400. The second-order valence-corrected chi connectivity index (χ2v) is 11.5. The molecule has 38 heavy (non-hydrogen) atoms. The van der Waals surface area contributed by atoms with Gasteiger partial charge in [0.15, 0.2) is 11.6 Å². The Morgan fingerprint density at radius 2 is 1.84 bits per heavy atom. The van der Waals surface area contributed by atoms with Crippen LogP contribution in [0, 0.1) is 12.8 Å². The third-order valence-corrected chi connectivity index (χ3v) is 7.00. The van der Waals surface area contributed by atoms with Gasteiger partial charge in [-0.3, -0.25) is 5.01 Å². The molecule has 0 N–H and O–H groups in total. The van der Waals surface area contributed by atoms with Gasteiger partial charge >= 0.3 is 6.09 Å². The Balaban J connectivity index is 1.34. The first-order valence-corrected chi connectivity index (χ1v) is 13.5. The Hall–Kier alpha value is -3.45. The summed E-state index contributed by atoms with van der Waals surface area (Å²) in [7, 11) is 0. The van der Waals surface area contributed by atoms with Crippen molar-refractivity contribution in [2.75, 3.05) is 26.4 Å². The number of aryl methyl sites for hydroxylation is 1. The summed E-state index contributed by atoms with van der Waals surface area (Å²) in [6, 6.07) is 18.7. The molecule has 3 heterocycles. The highest BCUT2D eigenvalue weighted by Gasteiger charge is 2.36. The number of halogens is 1. The molecule has 0 bridgehead atoms. The average molecular weight is 535 g/mol. The molecule has 7 nitrogen and oxygen atoms in total. The van der Waals surface area contributed by atoms with E-state index in [0.717, 1.165) is 23.5 Å². The van der Waals surface area contributed by atoms with Crippen molar-refractivity contribution in [3.05, 3.63) is 88.2 Å². The zero-order valence-electron chi connectivity index (χ0n) is 22.5. The summed E-state index contributed by atoms with van der Waals surface area (Å²) in [5.41, 5.74) is 3.83. The van der Waals surface area contributed by atoms with E-state index in [0.29, 0.717) is 43.7 Å². The molecule has 1 fully saturated rings. The van der Waals surface area contributed by atoms with Crippen LogP contribution in [0.1, 0.15) is 43.9 Å². The fourth-order valence-corrected chi connectivity index (χ4v) is 5.16. The molecular formula is C30H35ClN4O3.